The third kappa shape index (κ3) is 4.13. The third-order valence-electron chi connectivity index (χ3n) is 3.62. The smallest absolute Gasteiger partial charge is 0.280 e. The predicted molar refractivity (Wildman–Crippen MR) is 79.9 cm³/mol. The van der Waals surface area contributed by atoms with Gasteiger partial charge < -0.3 is 10.5 Å². The van der Waals surface area contributed by atoms with Crippen LogP contribution in [0.15, 0.2) is 18.3 Å². The van der Waals surface area contributed by atoms with E-state index in [1.165, 1.54) is 11.4 Å². The Morgan fingerprint density at radius 1 is 1.48 bits per heavy atom. The van der Waals surface area contributed by atoms with E-state index in [1.54, 1.807) is 18.3 Å². The first-order valence-corrected chi connectivity index (χ1v) is 8.46. The maximum atomic E-state index is 12.4. The monoisotopic (exact) mass is 314 g/mol. The molecule has 3 N–H and O–H groups in total. The molecule has 1 saturated heterocycles. The van der Waals surface area contributed by atoms with Gasteiger partial charge in [0.15, 0.2) is 0 Å². The zero-order valence-corrected chi connectivity index (χ0v) is 13.0. The molecule has 0 spiro atoms. The van der Waals surface area contributed by atoms with E-state index < -0.39 is 10.2 Å². The lowest BCUT2D eigenvalue weighted by atomic mass is 10.1. The van der Waals surface area contributed by atoms with Crippen molar-refractivity contribution in [2.75, 3.05) is 20.2 Å². The van der Waals surface area contributed by atoms with Gasteiger partial charge in [-0.3, -0.25) is 0 Å². The number of nitrogens with one attached hydrogen (secondary N) is 1. The minimum Gasteiger partial charge on any atom is -0.481 e. The molecule has 0 saturated carbocycles. The molecule has 1 unspecified atom stereocenters. The fraction of sp³-hybridized carbons (Fsp3) is 0.615. The molecule has 1 aliphatic rings. The van der Waals surface area contributed by atoms with E-state index >= 15 is 0 Å². The Kier molecular flexibility index (Phi) is 5.51. The minimum atomic E-state index is -3.51. The minimum absolute atomic E-state index is 0.106. The quantitative estimate of drug-likeness (QED) is 0.784. The van der Waals surface area contributed by atoms with Gasteiger partial charge in [0.2, 0.25) is 5.88 Å². The number of aromatic nitrogens is 1. The van der Waals surface area contributed by atoms with Gasteiger partial charge in [-0.2, -0.15) is 17.4 Å². The molecule has 1 atom stereocenters. The van der Waals surface area contributed by atoms with E-state index in [-0.39, 0.29) is 12.6 Å². The number of nitrogens with zero attached hydrogens (tertiary/aromatic N) is 2. The maximum Gasteiger partial charge on any atom is 0.280 e. The summed E-state index contributed by atoms with van der Waals surface area (Å²) in [7, 11) is -1.98. The van der Waals surface area contributed by atoms with Crippen LogP contribution in [0.2, 0.25) is 0 Å². The molecule has 118 valence electrons. The molecular weight excluding hydrogens is 292 g/mol. The second-order valence-corrected chi connectivity index (χ2v) is 6.74. The number of nitrogens with two attached hydrogens (primary N) is 1. The molecule has 1 aromatic rings. The molecule has 21 heavy (non-hydrogen) atoms. The Balaban J connectivity index is 1.99. The largest absolute Gasteiger partial charge is 0.481 e. The highest BCUT2D eigenvalue weighted by Gasteiger charge is 2.30. The molecule has 1 fully saturated rings. The predicted octanol–water partition coefficient (Wildman–Crippen LogP) is 0.238. The highest BCUT2D eigenvalue weighted by Crippen LogP contribution is 2.19. The molecule has 7 nitrogen and oxygen atoms in total. The number of methoxy groups -OCH3 is 1. The molecular formula is C13H22N4O3S. The van der Waals surface area contributed by atoms with Gasteiger partial charge in [-0.05, 0) is 18.4 Å². The van der Waals surface area contributed by atoms with Crippen molar-refractivity contribution in [2.45, 2.75) is 31.8 Å². The molecule has 1 aliphatic heterocycles. The lowest BCUT2D eigenvalue weighted by Crippen LogP contribution is -2.51. The molecule has 0 bridgehead atoms. The van der Waals surface area contributed by atoms with Crippen molar-refractivity contribution < 1.29 is 13.2 Å². The molecule has 0 radical (unpaired) electrons. The first kappa shape index (κ1) is 16.2. The highest BCUT2D eigenvalue weighted by molar-refractivity contribution is 7.87. The second-order valence-electron chi connectivity index (χ2n) is 5.03. The molecule has 8 heteroatoms. The van der Waals surface area contributed by atoms with Gasteiger partial charge in [-0.1, -0.05) is 12.5 Å². The summed E-state index contributed by atoms with van der Waals surface area (Å²) in [6.45, 7) is 1.08. The Bertz CT molecular complexity index is 547. The summed E-state index contributed by atoms with van der Waals surface area (Å²) in [4.78, 5) is 4.05. The summed E-state index contributed by atoms with van der Waals surface area (Å²) >= 11 is 0. The van der Waals surface area contributed by atoms with Crippen molar-refractivity contribution in [3.05, 3.63) is 23.9 Å². The van der Waals surface area contributed by atoms with Crippen molar-refractivity contribution in [1.29, 1.82) is 0 Å². The Labute approximate surface area is 125 Å². The van der Waals surface area contributed by atoms with E-state index in [1.807, 2.05) is 0 Å². The molecule has 0 amide bonds. The van der Waals surface area contributed by atoms with Crippen LogP contribution in [0.4, 0.5) is 0 Å². The van der Waals surface area contributed by atoms with Gasteiger partial charge in [-0.25, -0.2) is 4.98 Å². The Hall–Kier alpha value is -1.22. The van der Waals surface area contributed by atoms with E-state index in [0.717, 1.165) is 24.8 Å². The molecule has 1 aromatic heterocycles. The van der Waals surface area contributed by atoms with E-state index in [0.29, 0.717) is 19.0 Å². The van der Waals surface area contributed by atoms with Gasteiger partial charge in [0.05, 0.1) is 7.11 Å². The number of piperidine rings is 1. The van der Waals surface area contributed by atoms with Crippen LogP contribution in [-0.4, -0.2) is 43.9 Å². The van der Waals surface area contributed by atoms with Gasteiger partial charge >= 0.3 is 0 Å². The van der Waals surface area contributed by atoms with Crippen molar-refractivity contribution in [2.24, 2.45) is 5.73 Å². The average Bonchev–Trinajstić information content (AvgIpc) is 2.53. The molecule has 0 aromatic carbocycles. The first-order chi connectivity index (χ1) is 10.1. The van der Waals surface area contributed by atoms with Crippen LogP contribution in [-0.2, 0) is 16.8 Å². The molecule has 0 aliphatic carbocycles. The summed E-state index contributed by atoms with van der Waals surface area (Å²) in [5, 5.41) is 0. The Morgan fingerprint density at radius 3 is 2.90 bits per heavy atom. The number of hydrogen-bond acceptors (Lipinski definition) is 5. The van der Waals surface area contributed by atoms with Crippen molar-refractivity contribution in [1.82, 2.24) is 14.0 Å². The van der Waals surface area contributed by atoms with Gasteiger partial charge in [0.1, 0.15) is 0 Å². The number of hydrogen-bond donors (Lipinski definition) is 2. The van der Waals surface area contributed by atoms with Gasteiger partial charge in [0.25, 0.3) is 10.2 Å². The third-order valence-corrected chi connectivity index (χ3v) is 5.23. The van der Waals surface area contributed by atoms with Crippen LogP contribution < -0.4 is 15.2 Å². The van der Waals surface area contributed by atoms with Crippen LogP contribution in [0.5, 0.6) is 5.88 Å². The fourth-order valence-corrected chi connectivity index (χ4v) is 3.89. The van der Waals surface area contributed by atoms with Crippen LogP contribution in [0, 0.1) is 0 Å². The highest BCUT2D eigenvalue weighted by atomic mass is 32.2. The fourth-order valence-electron chi connectivity index (χ4n) is 2.42. The Morgan fingerprint density at radius 2 is 2.29 bits per heavy atom. The van der Waals surface area contributed by atoms with Crippen LogP contribution in [0.25, 0.3) is 0 Å². The van der Waals surface area contributed by atoms with Crippen molar-refractivity contribution in [3.63, 3.8) is 0 Å². The summed E-state index contributed by atoms with van der Waals surface area (Å²) in [6, 6.07) is 3.38. The van der Waals surface area contributed by atoms with Crippen LogP contribution in [0.1, 0.15) is 24.8 Å². The summed E-state index contributed by atoms with van der Waals surface area (Å²) in [6.07, 6.45) is 4.32. The topological polar surface area (TPSA) is 97.5 Å². The SMILES string of the molecule is COc1ccc(CNS(=O)(=O)N2CCCCC2CN)cn1. The zero-order valence-electron chi connectivity index (χ0n) is 12.2. The average molecular weight is 314 g/mol. The molecule has 2 rings (SSSR count). The van der Waals surface area contributed by atoms with E-state index in [4.69, 9.17) is 10.5 Å². The first-order valence-electron chi connectivity index (χ1n) is 7.02. The summed E-state index contributed by atoms with van der Waals surface area (Å²) < 4.78 is 33.8. The lowest BCUT2D eigenvalue weighted by Gasteiger charge is -2.33. The van der Waals surface area contributed by atoms with Crippen molar-refractivity contribution >= 4 is 10.2 Å². The van der Waals surface area contributed by atoms with Crippen LogP contribution >= 0.6 is 0 Å². The standard InChI is InChI=1S/C13H22N4O3S/c1-20-13-6-5-11(9-15-13)10-16-21(18,19)17-7-3-2-4-12(17)8-14/h5-6,9,12,16H,2-4,7-8,10,14H2,1H3. The van der Waals surface area contributed by atoms with Gasteiger partial charge in [-0.15, -0.1) is 0 Å². The maximum absolute atomic E-state index is 12.4. The molecule has 2 heterocycles. The number of rotatable bonds is 6. The number of ether oxygens (including phenoxy) is 1. The summed E-state index contributed by atoms with van der Waals surface area (Å²) in [5.74, 6) is 0.501. The van der Waals surface area contributed by atoms with Gasteiger partial charge in [0, 0.05) is 37.9 Å². The van der Waals surface area contributed by atoms with E-state index in [2.05, 4.69) is 9.71 Å². The van der Waals surface area contributed by atoms with Crippen LogP contribution in [0.3, 0.4) is 0 Å². The van der Waals surface area contributed by atoms with E-state index in [9.17, 15) is 8.42 Å². The normalized spacial score (nSPS) is 20.4. The van der Waals surface area contributed by atoms with Crippen molar-refractivity contribution in [3.8, 4) is 5.88 Å². The summed E-state index contributed by atoms with van der Waals surface area (Å²) in [5.41, 5.74) is 6.45. The lowest BCUT2D eigenvalue weighted by molar-refractivity contribution is 0.254. The zero-order chi connectivity index (χ0) is 15.3. The second kappa shape index (κ2) is 7.17. The number of pyridine rings is 1.